The molecule has 4 N–H and O–H groups in total. The highest BCUT2D eigenvalue weighted by Crippen LogP contribution is 2.30. The van der Waals surface area contributed by atoms with Crippen molar-refractivity contribution in [3.63, 3.8) is 0 Å². The molecule has 0 saturated carbocycles. The van der Waals surface area contributed by atoms with E-state index in [1.165, 1.54) is 0 Å². The Kier molecular flexibility index (Phi) is 7.75. The van der Waals surface area contributed by atoms with Crippen LogP contribution in [0.2, 0.25) is 0 Å². The van der Waals surface area contributed by atoms with Crippen molar-refractivity contribution in [1.29, 1.82) is 0 Å². The van der Waals surface area contributed by atoms with E-state index in [4.69, 9.17) is 0 Å². The van der Waals surface area contributed by atoms with E-state index in [0.29, 0.717) is 24.6 Å². The van der Waals surface area contributed by atoms with Gasteiger partial charge in [0.2, 0.25) is 0 Å². The molecule has 0 unspecified atom stereocenters. The molecule has 0 heterocycles. The number of benzene rings is 2. The molecular weight excluding hydrogens is 448 g/mol. The van der Waals surface area contributed by atoms with Gasteiger partial charge in [-0.15, -0.1) is 0 Å². The topological polar surface area (TPSA) is 64.5 Å². The van der Waals surface area contributed by atoms with Crippen molar-refractivity contribution >= 4 is 31.9 Å². The summed E-state index contributed by atoms with van der Waals surface area (Å²) in [6, 6.07) is 7.79. The van der Waals surface area contributed by atoms with Gasteiger partial charge in [-0.25, -0.2) is 0 Å². The summed E-state index contributed by atoms with van der Waals surface area (Å²) in [6.45, 7) is 6.99. The van der Waals surface area contributed by atoms with Gasteiger partial charge in [-0.05, 0) is 88.5 Å². The first-order valence-electron chi connectivity index (χ1n) is 8.26. The SMILES string of the molecule is Cc1cc(Br)c(O)c(CNCCCNCc2cc(C)cc(Br)c2O)c1. The number of aryl methyl sites for hydroxylation is 2. The summed E-state index contributed by atoms with van der Waals surface area (Å²) in [5.41, 5.74) is 4.03. The van der Waals surface area contributed by atoms with E-state index in [2.05, 4.69) is 42.5 Å². The fourth-order valence-electron chi connectivity index (χ4n) is 2.67. The summed E-state index contributed by atoms with van der Waals surface area (Å²) in [7, 11) is 0. The van der Waals surface area contributed by atoms with Crippen LogP contribution in [0.15, 0.2) is 33.2 Å². The molecule has 2 rings (SSSR count). The molecule has 136 valence electrons. The van der Waals surface area contributed by atoms with Crippen LogP contribution < -0.4 is 10.6 Å². The predicted octanol–water partition coefficient (Wildman–Crippen LogP) is 4.51. The minimum absolute atomic E-state index is 0.303. The van der Waals surface area contributed by atoms with Crippen LogP contribution in [0.25, 0.3) is 0 Å². The zero-order chi connectivity index (χ0) is 18.4. The van der Waals surface area contributed by atoms with Crippen molar-refractivity contribution < 1.29 is 10.2 Å². The predicted molar refractivity (Wildman–Crippen MR) is 109 cm³/mol. The summed E-state index contributed by atoms with van der Waals surface area (Å²) < 4.78 is 1.46. The van der Waals surface area contributed by atoms with Gasteiger partial charge in [-0.3, -0.25) is 0 Å². The molecule has 0 aliphatic heterocycles. The first-order valence-corrected chi connectivity index (χ1v) is 9.84. The second kappa shape index (κ2) is 9.57. The number of nitrogens with one attached hydrogen (secondary N) is 2. The van der Waals surface area contributed by atoms with Gasteiger partial charge in [-0.2, -0.15) is 0 Å². The third-order valence-electron chi connectivity index (χ3n) is 3.91. The third kappa shape index (κ3) is 5.99. The van der Waals surface area contributed by atoms with E-state index in [0.717, 1.165) is 50.7 Å². The Morgan fingerprint density at radius 1 is 0.760 bits per heavy atom. The maximum Gasteiger partial charge on any atom is 0.134 e. The van der Waals surface area contributed by atoms with Gasteiger partial charge in [-0.1, -0.05) is 12.1 Å². The Bertz CT molecular complexity index is 674. The van der Waals surface area contributed by atoms with Crippen molar-refractivity contribution in [2.45, 2.75) is 33.4 Å². The second-order valence-corrected chi connectivity index (χ2v) is 7.92. The lowest BCUT2D eigenvalue weighted by Crippen LogP contribution is -2.21. The first-order chi connectivity index (χ1) is 11.9. The maximum absolute atomic E-state index is 10.0. The number of hydrogen-bond acceptors (Lipinski definition) is 4. The van der Waals surface area contributed by atoms with Gasteiger partial charge < -0.3 is 20.8 Å². The molecule has 0 fully saturated rings. The molecule has 0 bridgehead atoms. The lowest BCUT2D eigenvalue weighted by atomic mass is 10.1. The van der Waals surface area contributed by atoms with Crippen LogP contribution in [-0.2, 0) is 13.1 Å². The molecule has 2 aromatic carbocycles. The monoisotopic (exact) mass is 470 g/mol. The van der Waals surface area contributed by atoms with Gasteiger partial charge in [0.15, 0.2) is 0 Å². The van der Waals surface area contributed by atoms with Crippen LogP contribution in [0, 0.1) is 13.8 Å². The van der Waals surface area contributed by atoms with E-state index >= 15 is 0 Å². The average Bonchev–Trinajstić information content (AvgIpc) is 2.55. The van der Waals surface area contributed by atoms with E-state index in [1.54, 1.807) is 0 Å². The Morgan fingerprint density at radius 3 is 1.56 bits per heavy atom. The summed E-state index contributed by atoms with van der Waals surface area (Å²) >= 11 is 6.73. The van der Waals surface area contributed by atoms with Crippen LogP contribution >= 0.6 is 31.9 Å². The van der Waals surface area contributed by atoms with E-state index in [1.807, 2.05) is 38.1 Å². The van der Waals surface area contributed by atoms with Gasteiger partial charge in [0.25, 0.3) is 0 Å². The summed E-state index contributed by atoms with van der Waals surface area (Å²) in [6.07, 6.45) is 0.960. The lowest BCUT2D eigenvalue weighted by Gasteiger charge is -2.11. The number of rotatable bonds is 8. The van der Waals surface area contributed by atoms with Crippen molar-refractivity contribution in [3.8, 4) is 11.5 Å². The normalized spacial score (nSPS) is 11.0. The number of phenols is 2. The Labute approximate surface area is 165 Å². The second-order valence-electron chi connectivity index (χ2n) is 6.22. The molecule has 6 heteroatoms. The minimum Gasteiger partial charge on any atom is -0.506 e. The molecule has 0 saturated heterocycles. The Morgan fingerprint density at radius 2 is 1.16 bits per heavy atom. The van der Waals surface area contributed by atoms with Crippen LogP contribution in [0.3, 0.4) is 0 Å². The molecule has 25 heavy (non-hydrogen) atoms. The first kappa shape index (κ1) is 20.2. The molecule has 0 atom stereocenters. The van der Waals surface area contributed by atoms with Crippen LogP contribution in [0.1, 0.15) is 28.7 Å². The minimum atomic E-state index is 0.303. The van der Waals surface area contributed by atoms with Gasteiger partial charge in [0.05, 0.1) is 8.95 Å². The van der Waals surface area contributed by atoms with Crippen molar-refractivity contribution in [1.82, 2.24) is 10.6 Å². The molecule has 0 amide bonds. The molecule has 0 spiro atoms. The fraction of sp³-hybridized carbons (Fsp3) is 0.368. The maximum atomic E-state index is 10.0. The fourth-order valence-corrected chi connectivity index (χ4v) is 3.90. The van der Waals surface area contributed by atoms with Crippen LogP contribution in [0.5, 0.6) is 11.5 Å². The highest BCUT2D eigenvalue weighted by atomic mass is 79.9. The van der Waals surface area contributed by atoms with Crippen LogP contribution in [-0.4, -0.2) is 23.3 Å². The van der Waals surface area contributed by atoms with Crippen LogP contribution in [0.4, 0.5) is 0 Å². The molecule has 0 aliphatic carbocycles. The highest BCUT2D eigenvalue weighted by Gasteiger charge is 2.07. The highest BCUT2D eigenvalue weighted by molar-refractivity contribution is 9.10. The largest absolute Gasteiger partial charge is 0.506 e. The van der Waals surface area contributed by atoms with Crippen molar-refractivity contribution in [2.75, 3.05) is 13.1 Å². The quantitative estimate of drug-likeness (QED) is 0.427. The molecule has 2 aromatic rings. The molecule has 0 aliphatic rings. The third-order valence-corrected chi connectivity index (χ3v) is 5.12. The molecule has 0 aromatic heterocycles. The van der Waals surface area contributed by atoms with E-state index in [9.17, 15) is 10.2 Å². The number of hydrogen-bond donors (Lipinski definition) is 4. The lowest BCUT2D eigenvalue weighted by molar-refractivity contribution is 0.458. The number of halogens is 2. The number of phenolic OH excluding ortho intramolecular Hbond substituents is 2. The van der Waals surface area contributed by atoms with E-state index < -0.39 is 0 Å². The molecule has 4 nitrogen and oxygen atoms in total. The Hall–Kier alpha value is -1.08. The summed E-state index contributed by atoms with van der Waals surface area (Å²) in [5, 5.41) is 26.8. The van der Waals surface area contributed by atoms with Gasteiger partial charge in [0, 0.05) is 24.2 Å². The Balaban J connectivity index is 1.69. The zero-order valence-electron chi connectivity index (χ0n) is 14.5. The van der Waals surface area contributed by atoms with Gasteiger partial charge >= 0.3 is 0 Å². The standard InChI is InChI=1S/C19H24Br2N2O2/c1-12-6-14(18(24)16(20)8-12)10-22-4-3-5-23-11-15-7-13(2)9-17(21)19(15)25/h6-9,22-25H,3-5,10-11H2,1-2H3. The van der Waals surface area contributed by atoms with Crippen molar-refractivity contribution in [2.24, 2.45) is 0 Å². The van der Waals surface area contributed by atoms with Gasteiger partial charge in [0.1, 0.15) is 11.5 Å². The average molecular weight is 472 g/mol. The van der Waals surface area contributed by atoms with E-state index in [-0.39, 0.29) is 0 Å². The molecular formula is C19H24Br2N2O2. The molecule has 0 radical (unpaired) electrons. The summed E-state index contributed by atoms with van der Waals surface area (Å²) in [4.78, 5) is 0. The smallest absolute Gasteiger partial charge is 0.134 e. The zero-order valence-corrected chi connectivity index (χ0v) is 17.7. The number of aromatic hydroxyl groups is 2. The summed E-state index contributed by atoms with van der Waals surface area (Å²) in [5.74, 6) is 0.605. The van der Waals surface area contributed by atoms with Crippen molar-refractivity contribution in [3.05, 3.63) is 55.5 Å².